The topological polar surface area (TPSA) is 38.7 Å². The van der Waals surface area contributed by atoms with Gasteiger partial charge in [0.15, 0.2) is 0 Å². The van der Waals surface area contributed by atoms with Gasteiger partial charge in [0.05, 0.1) is 0 Å². The molecular weight excluding hydrogens is 279 g/mol. The van der Waals surface area contributed by atoms with Crippen molar-refractivity contribution in [2.75, 3.05) is 25.1 Å². The summed E-state index contributed by atoms with van der Waals surface area (Å²) in [5.41, 5.74) is 0. The van der Waals surface area contributed by atoms with E-state index < -0.39 is 7.94 Å². The zero-order valence-corrected chi connectivity index (χ0v) is 14.6. The van der Waals surface area contributed by atoms with Crippen molar-refractivity contribution in [2.24, 2.45) is 0 Å². The zero-order chi connectivity index (χ0) is 14.4. The van der Waals surface area contributed by atoms with Crippen LogP contribution in [0.5, 0.6) is 0 Å². The molecule has 0 bridgehead atoms. The predicted octanol–water partition coefficient (Wildman–Crippen LogP) is 4.60. The van der Waals surface area contributed by atoms with E-state index in [-0.39, 0.29) is 0 Å². The summed E-state index contributed by atoms with van der Waals surface area (Å²) in [6, 6.07) is 0. The van der Waals surface area contributed by atoms with Crippen LogP contribution in [0, 0.1) is 0 Å². The van der Waals surface area contributed by atoms with Gasteiger partial charge in [-0.3, -0.25) is 0 Å². The van der Waals surface area contributed by atoms with Gasteiger partial charge in [0.1, 0.15) is 0 Å². The molecule has 0 aromatic carbocycles. The van der Waals surface area contributed by atoms with Gasteiger partial charge < -0.3 is 0 Å². The van der Waals surface area contributed by atoms with Crippen molar-refractivity contribution < 1.29 is 13.9 Å². The van der Waals surface area contributed by atoms with Gasteiger partial charge in [-0.15, -0.1) is 0 Å². The van der Waals surface area contributed by atoms with Crippen molar-refractivity contribution in [3.8, 4) is 0 Å². The Labute approximate surface area is 125 Å². The van der Waals surface area contributed by atoms with Crippen molar-refractivity contribution in [2.45, 2.75) is 65.2 Å². The molecule has 3 nitrogen and oxygen atoms in total. The van der Waals surface area contributed by atoms with E-state index >= 15 is 0 Å². The quantitative estimate of drug-likeness (QED) is 0.280. The second kappa shape index (κ2) is 13.6. The minimum atomic E-state index is -2.93. The maximum atomic E-state index is 10.5. The third-order valence-corrected chi connectivity index (χ3v) is 5.57. The number of rotatable bonds is 14. The van der Waals surface area contributed by atoms with Gasteiger partial charge in [0, 0.05) is 0 Å². The molecule has 0 unspecified atom stereocenters. The van der Waals surface area contributed by atoms with Crippen LogP contribution < -0.4 is 0 Å². The molecule has 0 fully saturated rings. The summed E-state index contributed by atoms with van der Waals surface area (Å²) < 4.78 is 11.3. The Morgan fingerprint density at radius 1 is 0.842 bits per heavy atom. The van der Waals surface area contributed by atoms with Crippen molar-refractivity contribution >= 4 is 20.6 Å². The Kier molecular flexibility index (Phi) is 14.1. The molecule has 0 saturated carbocycles. The number of hydrogen-bond acceptors (Lipinski definition) is 4. The first-order chi connectivity index (χ1) is 9.18. The molecule has 0 saturated heterocycles. The summed E-state index contributed by atoms with van der Waals surface area (Å²) in [4.78, 5) is 10.5. The Bertz CT molecular complexity index is 196. The predicted molar refractivity (Wildman–Crippen MR) is 89.4 cm³/mol. The van der Waals surface area contributed by atoms with Crippen molar-refractivity contribution in [3.63, 3.8) is 0 Å². The maximum absolute atomic E-state index is 10.5. The molecule has 0 atom stereocenters. The van der Waals surface area contributed by atoms with Crippen LogP contribution >= 0.6 is 20.6 Å². The van der Waals surface area contributed by atoms with Crippen LogP contribution in [0.4, 0.5) is 0 Å². The Morgan fingerprint density at radius 3 is 2.00 bits per heavy atom. The molecular formula is C14H33O3PS. The first-order valence-electron chi connectivity index (χ1n) is 7.79. The van der Waals surface area contributed by atoms with Crippen LogP contribution in [0.3, 0.4) is 0 Å². The van der Waals surface area contributed by atoms with E-state index in [9.17, 15) is 4.89 Å². The van der Waals surface area contributed by atoms with E-state index in [1.807, 2.05) is 0 Å². The summed E-state index contributed by atoms with van der Waals surface area (Å²) >= 11 is 4.12. The molecule has 0 rings (SSSR count). The van der Waals surface area contributed by atoms with Gasteiger partial charge in [-0.2, -0.15) is 0 Å². The summed E-state index contributed by atoms with van der Waals surface area (Å²) in [5, 5.41) is 0. The third kappa shape index (κ3) is 12.1. The molecule has 0 spiro atoms. The van der Waals surface area contributed by atoms with E-state index in [0.29, 0.717) is 25.1 Å². The number of thiol groups is 1. The molecule has 1 N–H and O–H groups in total. The molecule has 0 heterocycles. The van der Waals surface area contributed by atoms with Crippen LogP contribution in [0.1, 0.15) is 65.2 Å². The average molecular weight is 312 g/mol. The van der Waals surface area contributed by atoms with Gasteiger partial charge >= 0.3 is 125 Å². The standard InChI is InChI=1S/C14H33O3PS/c1-3-5-7-9-11-16-18(15,17-12-14-19)13-10-8-6-4-2/h15,18-19H,3-14H2,1-2H3. The Hall–Kier alpha value is 0.660. The third-order valence-electron chi connectivity index (χ3n) is 3.09. The van der Waals surface area contributed by atoms with Crippen molar-refractivity contribution in [1.82, 2.24) is 0 Å². The molecule has 0 aromatic rings. The SMILES string of the molecule is CCCCCCO[PH](O)(CCCCCC)OCCS. The van der Waals surface area contributed by atoms with Gasteiger partial charge in [-0.1, -0.05) is 0 Å². The normalized spacial score (nSPS) is 12.8. The molecule has 0 aliphatic carbocycles. The van der Waals surface area contributed by atoms with Gasteiger partial charge in [0.25, 0.3) is 0 Å². The van der Waals surface area contributed by atoms with Crippen LogP contribution in [0.15, 0.2) is 0 Å². The minimum absolute atomic E-state index is 0.481. The van der Waals surface area contributed by atoms with Gasteiger partial charge in [-0.25, -0.2) is 0 Å². The molecule has 0 aliphatic heterocycles. The number of unbranched alkanes of at least 4 members (excludes halogenated alkanes) is 6. The summed E-state index contributed by atoms with van der Waals surface area (Å²) in [6.45, 7) is 5.48. The Morgan fingerprint density at radius 2 is 1.42 bits per heavy atom. The van der Waals surface area contributed by atoms with Crippen molar-refractivity contribution in [1.29, 1.82) is 0 Å². The second-order valence-electron chi connectivity index (χ2n) is 5.00. The Balaban J connectivity index is 3.88. The monoisotopic (exact) mass is 312 g/mol. The molecule has 0 aromatic heterocycles. The van der Waals surface area contributed by atoms with Gasteiger partial charge in [0.2, 0.25) is 0 Å². The van der Waals surface area contributed by atoms with E-state index in [1.54, 1.807) is 0 Å². The molecule has 118 valence electrons. The van der Waals surface area contributed by atoms with E-state index in [0.717, 1.165) is 19.3 Å². The van der Waals surface area contributed by atoms with Crippen LogP contribution in [-0.4, -0.2) is 30.0 Å². The second-order valence-corrected chi connectivity index (χ2v) is 7.95. The van der Waals surface area contributed by atoms with E-state index in [1.165, 1.54) is 32.1 Å². The zero-order valence-electron chi connectivity index (χ0n) is 12.7. The summed E-state index contributed by atoms with van der Waals surface area (Å²) in [6.07, 6.45) is 9.89. The molecule has 0 aliphatic rings. The van der Waals surface area contributed by atoms with Crippen LogP contribution in [0.2, 0.25) is 0 Å². The summed E-state index contributed by atoms with van der Waals surface area (Å²) in [5.74, 6) is 0.628. The fourth-order valence-corrected chi connectivity index (χ4v) is 4.14. The molecule has 5 heteroatoms. The fourth-order valence-electron chi connectivity index (χ4n) is 1.93. The molecule has 0 radical (unpaired) electrons. The molecule has 19 heavy (non-hydrogen) atoms. The summed E-state index contributed by atoms with van der Waals surface area (Å²) in [7, 11) is -2.93. The first kappa shape index (κ1) is 19.7. The fraction of sp³-hybridized carbons (Fsp3) is 1.00. The number of hydrogen-bond donors (Lipinski definition) is 2. The molecule has 0 amide bonds. The van der Waals surface area contributed by atoms with E-state index in [2.05, 4.69) is 26.5 Å². The van der Waals surface area contributed by atoms with Crippen molar-refractivity contribution in [3.05, 3.63) is 0 Å². The first-order valence-corrected chi connectivity index (χ1v) is 10.4. The van der Waals surface area contributed by atoms with Crippen LogP contribution in [0.25, 0.3) is 0 Å². The average Bonchev–Trinajstić information content (AvgIpc) is 2.41. The van der Waals surface area contributed by atoms with E-state index in [4.69, 9.17) is 9.05 Å². The van der Waals surface area contributed by atoms with Crippen LogP contribution in [-0.2, 0) is 9.05 Å². The van der Waals surface area contributed by atoms with Gasteiger partial charge in [-0.05, 0) is 0 Å².